The van der Waals surface area contributed by atoms with Crippen molar-refractivity contribution in [3.63, 3.8) is 0 Å². The van der Waals surface area contributed by atoms with Gasteiger partial charge >= 0.3 is 0 Å². The third kappa shape index (κ3) is 2.01. The molecule has 0 bridgehead atoms. The van der Waals surface area contributed by atoms with Crippen molar-refractivity contribution in [2.24, 2.45) is 0 Å². The number of rotatable bonds is 1. The molecule has 17 heavy (non-hydrogen) atoms. The Morgan fingerprint density at radius 2 is 2.29 bits per heavy atom. The molecule has 88 valence electrons. The smallest absolute Gasteiger partial charge is 0.221 e. The molecule has 3 rings (SSSR count). The monoisotopic (exact) mass is 231 g/mol. The van der Waals surface area contributed by atoms with E-state index in [0.717, 1.165) is 23.0 Å². The predicted octanol–water partition coefficient (Wildman–Crippen LogP) is 0.978. The summed E-state index contributed by atoms with van der Waals surface area (Å²) in [7, 11) is 0. The molecule has 1 saturated heterocycles. The molecule has 1 aromatic carbocycles. The van der Waals surface area contributed by atoms with Gasteiger partial charge in [-0.15, -0.1) is 0 Å². The van der Waals surface area contributed by atoms with Gasteiger partial charge < -0.3 is 15.2 Å². The fourth-order valence-corrected chi connectivity index (χ4v) is 2.11. The van der Waals surface area contributed by atoms with E-state index in [1.54, 1.807) is 6.26 Å². The number of carbonyl (C=O) groups is 1. The average Bonchev–Trinajstić information content (AvgIpc) is 2.69. The molecule has 2 heterocycles. The van der Waals surface area contributed by atoms with Gasteiger partial charge in [-0.3, -0.25) is 4.79 Å². The van der Waals surface area contributed by atoms with Gasteiger partial charge in [-0.25, -0.2) is 0 Å². The summed E-state index contributed by atoms with van der Waals surface area (Å²) in [5.41, 5.74) is 1.90. The number of hydrogen-bond acceptors (Lipinski definition) is 4. The first-order chi connectivity index (χ1) is 8.33. The largest absolute Gasteiger partial charge is 0.364 e. The Hall–Kier alpha value is -1.88. The van der Waals surface area contributed by atoms with Crippen molar-refractivity contribution < 1.29 is 9.32 Å². The van der Waals surface area contributed by atoms with Crippen molar-refractivity contribution in [3.05, 3.63) is 30.0 Å². The van der Waals surface area contributed by atoms with Crippen LogP contribution in [0.2, 0.25) is 0 Å². The molecule has 0 saturated carbocycles. The summed E-state index contributed by atoms with van der Waals surface area (Å²) in [6.45, 7) is 1.47. The summed E-state index contributed by atoms with van der Waals surface area (Å²) < 4.78 is 4.90. The van der Waals surface area contributed by atoms with Crippen LogP contribution in [0.4, 0.5) is 0 Å². The average molecular weight is 231 g/mol. The molecule has 1 amide bonds. The van der Waals surface area contributed by atoms with E-state index in [-0.39, 0.29) is 11.9 Å². The normalized spacial score (nSPS) is 21.2. The molecule has 2 aromatic rings. The van der Waals surface area contributed by atoms with Crippen LogP contribution in [0.5, 0.6) is 0 Å². The van der Waals surface area contributed by atoms with Crippen molar-refractivity contribution >= 4 is 16.8 Å². The maximum absolute atomic E-state index is 11.5. The van der Waals surface area contributed by atoms with E-state index < -0.39 is 0 Å². The zero-order valence-electron chi connectivity index (χ0n) is 9.27. The minimum Gasteiger partial charge on any atom is -0.364 e. The predicted molar refractivity (Wildman–Crippen MR) is 62.4 cm³/mol. The van der Waals surface area contributed by atoms with Crippen molar-refractivity contribution in [1.29, 1.82) is 0 Å². The Balaban J connectivity index is 1.93. The number of hydrogen-bond donors (Lipinski definition) is 2. The summed E-state index contributed by atoms with van der Waals surface area (Å²) in [6.07, 6.45) is 2.08. The SMILES string of the molecule is O=C1CC(c2ccc3conc3c2)NCCN1. The van der Waals surface area contributed by atoms with Crippen LogP contribution < -0.4 is 10.6 Å². The highest BCUT2D eigenvalue weighted by atomic mass is 16.5. The second-order valence-corrected chi connectivity index (χ2v) is 4.19. The second kappa shape index (κ2) is 4.18. The molecule has 1 aliphatic heterocycles. The van der Waals surface area contributed by atoms with Crippen molar-refractivity contribution in [2.45, 2.75) is 12.5 Å². The van der Waals surface area contributed by atoms with Crippen molar-refractivity contribution in [3.8, 4) is 0 Å². The van der Waals surface area contributed by atoms with Crippen molar-refractivity contribution in [2.75, 3.05) is 13.1 Å². The maximum Gasteiger partial charge on any atom is 0.221 e. The zero-order chi connectivity index (χ0) is 11.7. The maximum atomic E-state index is 11.5. The number of aromatic nitrogens is 1. The molecule has 1 aliphatic rings. The van der Waals surface area contributed by atoms with Gasteiger partial charge in [0.25, 0.3) is 0 Å². The van der Waals surface area contributed by atoms with E-state index in [0.29, 0.717) is 13.0 Å². The molecule has 1 fully saturated rings. The Bertz CT molecular complexity index is 549. The molecule has 0 aliphatic carbocycles. The molecule has 1 aromatic heterocycles. The zero-order valence-corrected chi connectivity index (χ0v) is 9.27. The third-order valence-corrected chi connectivity index (χ3v) is 3.02. The number of benzene rings is 1. The number of carbonyl (C=O) groups excluding carboxylic acids is 1. The quantitative estimate of drug-likeness (QED) is 0.767. The summed E-state index contributed by atoms with van der Waals surface area (Å²) in [5, 5.41) is 11.1. The second-order valence-electron chi connectivity index (χ2n) is 4.19. The van der Waals surface area contributed by atoms with Gasteiger partial charge in [0, 0.05) is 30.9 Å². The van der Waals surface area contributed by atoms with Crippen molar-refractivity contribution in [1.82, 2.24) is 15.8 Å². The lowest BCUT2D eigenvalue weighted by Gasteiger charge is -2.14. The van der Waals surface area contributed by atoms with E-state index in [9.17, 15) is 4.79 Å². The first kappa shape index (κ1) is 10.3. The van der Waals surface area contributed by atoms with Crippen LogP contribution in [0.3, 0.4) is 0 Å². The van der Waals surface area contributed by atoms with Gasteiger partial charge in [0.05, 0.1) is 0 Å². The minimum absolute atomic E-state index is 0.0543. The first-order valence-electron chi connectivity index (χ1n) is 5.67. The third-order valence-electron chi connectivity index (χ3n) is 3.02. The van der Waals surface area contributed by atoms with Gasteiger partial charge in [0.1, 0.15) is 11.8 Å². The van der Waals surface area contributed by atoms with E-state index in [1.165, 1.54) is 0 Å². The molecule has 1 atom stereocenters. The Morgan fingerprint density at radius 3 is 3.24 bits per heavy atom. The Morgan fingerprint density at radius 1 is 1.35 bits per heavy atom. The number of fused-ring (bicyclic) bond motifs is 1. The molecular formula is C12H13N3O2. The van der Waals surface area contributed by atoms with Gasteiger partial charge in [-0.2, -0.15) is 0 Å². The topological polar surface area (TPSA) is 67.2 Å². The highest BCUT2D eigenvalue weighted by Crippen LogP contribution is 2.22. The van der Waals surface area contributed by atoms with Crippen LogP contribution in [0, 0.1) is 0 Å². The van der Waals surface area contributed by atoms with Gasteiger partial charge in [-0.05, 0) is 17.7 Å². The first-order valence-corrected chi connectivity index (χ1v) is 5.67. The van der Waals surface area contributed by atoms with Gasteiger partial charge in [0.2, 0.25) is 5.91 Å². The molecule has 5 heteroatoms. The Kier molecular flexibility index (Phi) is 2.53. The van der Waals surface area contributed by atoms with E-state index >= 15 is 0 Å². The highest BCUT2D eigenvalue weighted by molar-refractivity contribution is 5.79. The van der Waals surface area contributed by atoms with Crippen LogP contribution in [0.1, 0.15) is 18.0 Å². The number of amides is 1. The molecule has 0 radical (unpaired) electrons. The number of nitrogens with zero attached hydrogens (tertiary/aromatic N) is 1. The summed E-state index contributed by atoms with van der Waals surface area (Å²) in [5.74, 6) is 0.0836. The van der Waals surface area contributed by atoms with Crippen LogP contribution in [-0.2, 0) is 4.79 Å². The number of nitrogens with one attached hydrogen (secondary N) is 2. The summed E-state index contributed by atoms with van der Waals surface area (Å²) >= 11 is 0. The molecule has 0 spiro atoms. The lowest BCUT2D eigenvalue weighted by atomic mass is 10.0. The lowest BCUT2D eigenvalue weighted by Crippen LogP contribution is -2.24. The fraction of sp³-hybridized carbons (Fsp3) is 0.333. The van der Waals surface area contributed by atoms with E-state index in [1.807, 2.05) is 18.2 Å². The van der Waals surface area contributed by atoms with Crippen LogP contribution in [-0.4, -0.2) is 24.2 Å². The highest BCUT2D eigenvalue weighted by Gasteiger charge is 2.18. The molecule has 2 N–H and O–H groups in total. The minimum atomic E-state index is 0.0543. The standard InChI is InChI=1S/C12H13N3O2/c16-12-6-10(13-3-4-14-12)8-1-2-9-7-17-15-11(9)5-8/h1-2,5,7,10,13H,3-4,6H2,(H,14,16). The molecule has 1 unspecified atom stereocenters. The van der Waals surface area contributed by atoms with E-state index in [4.69, 9.17) is 4.52 Å². The van der Waals surface area contributed by atoms with Crippen LogP contribution in [0.25, 0.3) is 10.9 Å². The summed E-state index contributed by atoms with van der Waals surface area (Å²) in [4.78, 5) is 11.5. The van der Waals surface area contributed by atoms with Gasteiger partial charge in [0.15, 0.2) is 0 Å². The van der Waals surface area contributed by atoms with E-state index in [2.05, 4.69) is 15.8 Å². The van der Waals surface area contributed by atoms with Gasteiger partial charge in [-0.1, -0.05) is 11.2 Å². The molecule has 5 nitrogen and oxygen atoms in total. The Labute approximate surface area is 98.2 Å². The van der Waals surface area contributed by atoms with Crippen LogP contribution >= 0.6 is 0 Å². The fourth-order valence-electron chi connectivity index (χ4n) is 2.11. The van der Waals surface area contributed by atoms with Crippen LogP contribution in [0.15, 0.2) is 29.0 Å². The molecular weight excluding hydrogens is 218 g/mol. The lowest BCUT2D eigenvalue weighted by molar-refractivity contribution is -0.121. The summed E-state index contributed by atoms with van der Waals surface area (Å²) in [6, 6.07) is 6.00.